The molecule has 1 heterocycles. The second kappa shape index (κ2) is 7.76. The van der Waals surface area contributed by atoms with Crippen LogP contribution in [0.15, 0.2) is 24.3 Å². The van der Waals surface area contributed by atoms with E-state index in [0.29, 0.717) is 30.8 Å². The van der Waals surface area contributed by atoms with Crippen LogP contribution in [0.2, 0.25) is 0 Å². The number of amides is 4. The predicted molar refractivity (Wildman–Crippen MR) is 95.5 cm³/mol. The highest BCUT2D eigenvalue weighted by atomic mass is 16.5. The van der Waals surface area contributed by atoms with Gasteiger partial charge in [-0.05, 0) is 43.5 Å². The van der Waals surface area contributed by atoms with Gasteiger partial charge in [0.2, 0.25) is 0 Å². The lowest BCUT2D eigenvalue weighted by Gasteiger charge is -2.30. The minimum Gasteiger partial charge on any atom is -0.494 e. The molecule has 1 aromatic carbocycles. The van der Waals surface area contributed by atoms with E-state index in [1.807, 2.05) is 0 Å². The number of unbranched alkanes of at least 4 members (excludes halogenated alkanes) is 1. The first-order valence-corrected chi connectivity index (χ1v) is 9.26. The van der Waals surface area contributed by atoms with E-state index in [9.17, 15) is 14.4 Å². The summed E-state index contributed by atoms with van der Waals surface area (Å²) in [5, 5.41) is 3.59. The van der Waals surface area contributed by atoms with Gasteiger partial charge in [0.15, 0.2) is 0 Å². The molecular weight excluding hydrogens is 334 g/mol. The van der Waals surface area contributed by atoms with Gasteiger partial charge in [-0.1, -0.05) is 32.6 Å². The van der Waals surface area contributed by atoms with Crippen LogP contribution in [0.3, 0.4) is 0 Å². The van der Waals surface area contributed by atoms with Crippen molar-refractivity contribution in [2.24, 2.45) is 0 Å². The Kier molecular flexibility index (Phi) is 5.44. The Hall–Kier alpha value is -2.57. The third-order valence-corrected chi connectivity index (χ3v) is 4.97. The first-order valence-electron chi connectivity index (χ1n) is 9.26. The Bertz CT molecular complexity index is 681. The smallest absolute Gasteiger partial charge is 0.344 e. The zero-order valence-corrected chi connectivity index (χ0v) is 15.0. The maximum Gasteiger partial charge on any atom is 0.344 e. The Morgan fingerprint density at radius 3 is 2.54 bits per heavy atom. The zero-order chi connectivity index (χ0) is 18.6. The van der Waals surface area contributed by atoms with E-state index < -0.39 is 17.5 Å². The molecule has 7 heteroatoms. The summed E-state index contributed by atoms with van der Waals surface area (Å²) in [6.07, 6.45) is 6.11. The van der Waals surface area contributed by atoms with Crippen molar-refractivity contribution in [3.63, 3.8) is 0 Å². The van der Waals surface area contributed by atoms with Gasteiger partial charge < -0.3 is 10.1 Å². The van der Waals surface area contributed by atoms with Gasteiger partial charge in [0, 0.05) is 5.56 Å². The minimum absolute atomic E-state index is 0.359. The lowest BCUT2D eigenvalue weighted by atomic mass is 9.82. The molecule has 0 aromatic heterocycles. The van der Waals surface area contributed by atoms with Gasteiger partial charge in [-0.3, -0.25) is 15.0 Å². The van der Waals surface area contributed by atoms with E-state index in [2.05, 4.69) is 17.7 Å². The number of rotatable bonds is 6. The van der Waals surface area contributed by atoms with Crippen molar-refractivity contribution < 1.29 is 19.1 Å². The fourth-order valence-electron chi connectivity index (χ4n) is 3.42. The third kappa shape index (κ3) is 3.66. The fourth-order valence-corrected chi connectivity index (χ4v) is 3.42. The number of ether oxygens (including phenoxy) is 1. The molecule has 2 N–H and O–H groups in total. The largest absolute Gasteiger partial charge is 0.494 e. The van der Waals surface area contributed by atoms with E-state index in [1.165, 1.54) is 0 Å². The van der Waals surface area contributed by atoms with Crippen LogP contribution in [0, 0.1) is 0 Å². The van der Waals surface area contributed by atoms with Crippen LogP contribution >= 0.6 is 0 Å². The van der Waals surface area contributed by atoms with Crippen LogP contribution in [-0.2, 0) is 4.79 Å². The van der Waals surface area contributed by atoms with Crippen LogP contribution in [0.25, 0.3) is 0 Å². The minimum atomic E-state index is -0.848. The molecule has 1 aromatic rings. The first kappa shape index (κ1) is 18.2. The Balaban J connectivity index is 1.62. The molecule has 1 spiro atoms. The monoisotopic (exact) mass is 359 g/mol. The van der Waals surface area contributed by atoms with Crippen molar-refractivity contribution >= 4 is 17.8 Å². The Labute approximate surface area is 153 Å². The predicted octanol–water partition coefficient (Wildman–Crippen LogP) is 2.77. The lowest BCUT2D eigenvalue weighted by Crippen LogP contribution is -2.50. The van der Waals surface area contributed by atoms with Crippen LogP contribution in [-0.4, -0.2) is 35.0 Å². The second-order valence-corrected chi connectivity index (χ2v) is 6.88. The SMILES string of the molecule is CCCCOc1ccc(C(=O)NN2C(=O)NC3(CCCCC3)C2=O)cc1. The molecule has 3 rings (SSSR count). The van der Waals surface area contributed by atoms with E-state index in [0.717, 1.165) is 37.1 Å². The number of nitrogens with zero attached hydrogens (tertiary/aromatic N) is 1. The average molecular weight is 359 g/mol. The van der Waals surface area contributed by atoms with Crippen LogP contribution in [0.5, 0.6) is 5.75 Å². The number of hydrogen-bond acceptors (Lipinski definition) is 4. The standard InChI is InChI=1S/C19H25N3O4/c1-2-3-13-26-15-9-7-14(8-10-15)16(23)21-22-17(24)19(20-18(22)25)11-5-4-6-12-19/h7-10H,2-6,11-13H2,1H3,(H,20,25)(H,21,23). The number of imide groups is 1. The average Bonchev–Trinajstić information content (AvgIpc) is 2.87. The molecular formula is C19H25N3O4. The molecule has 0 radical (unpaired) electrons. The first-order chi connectivity index (χ1) is 12.6. The molecule has 1 aliphatic carbocycles. The second-order valence-electron chi connectivity index (χ2n) is 6.88. The maximum absolute atomic E-state index is 12.7. The van der Waals surface area contributed by atoms with Crippen molar-refractivity contribution in [2.75, 3.05) is 6.61 Å². The van der Waals surface area contributed by atoms with Gasteiger partial charge in [-0.15, -0.1) is 0 Å². The Morgan fingerprint density at radius 2 is 1.88 bits per heavy atom. The summed E-state index contributed by atoms with van der Waals surface area (Å²) in [7, 11) is 0. The maximum atomic E-state index is 12.7. The summed E-state index contributed by atoms with van der Waals surface area (Å²) in [5.41, 5.74) is 1.94. The van der Waals surface area contributed by atoms with Crippen molar-refractivity contribution in [3.05, 3.63) is 29.8 Å². The molecule has 1 aliphatic heterocycles. The normalized spacial score (nSPS) is 18.7. The van der Waals surface area contributed by atoms with Gasteiger partial charge in [0.05, 0.1) is 6.61 Å². The highest BCUT2D eigenvalue weighted by molar-refractivity contribution is 6.09. The summed E-state index contributed by atoms with van der Waals surface area (Å²) in [4.78, 5) is 37.3. The summed E-state index contributed by atoms with van der Waals surface area (Å²) in [5.74, 6) is -0.178. The number of carbonyl (C=O) groups excluding carboxylic acids is 3. The molecule has 0 atom stereocenters. The van der Waals surface area contributed by atoms with Crippen molar-refractivity contribution in [1.29, 1.82) is 0 Å². The van der Waals surface area contributed by atoms with Crippen LogP contribution < -0.4 is 15.5 Å². The topological polar surface area (TPSA) is 87.7 Å². The highest BCUT2D eigenvalue weighted by Crippen LogP contribution is 2.33. The van der Waals surface area contributed by atoms with E-state index in [4.69, 9.17) is 4.74 Å². The van der Waals surface area contributed by atoms with Gasteiger partial charge >= 0.3 is 6.03 Å². The van der Waals surface area contributed by atoms with E-state index >= 15 is 0 Å². The summed E-state index contributed by atoms with van der Waals surface area (Å²) in [6.45, 7) is 2.72. The number of urea groups is 1. The van der Waals surface area contributed by atoms with Crippen molar-refractivity contribution in [2.45, 2.75) is 57.4 Å². The van der Waals surface area contributed by atoms with Gasteiger partial charge in [0.1, 0.15) is 11.3 Å². The summed E-state index contributed by atoms with van der Waals surface area (Å²) < 4.78 is 5.56. The quantitative estimate of drug-likeness (QED) is 0.604. The highest BCUT2D eigenvalue weighted by Gasteiger charge is 2.52. The van der Waals surface area contributed by atoms with E-state index in [1.54, 1.807) is 24.3 Å². The number of hydrogen-bond donors (Lipinski definition) is 2. The molecule has 2 fully saturated rings. The third-order valence-electron chi connectivity index (χ3n) is 4.97. The van der Waals surface area contributed by atoms with Gasteiger partial charge in [-0.25, -0.2) is 4.79 Å². The Morgan fingerprint density at radius 1 is 1.19 bits per heavy atom. The molecule has 1 saturated heterocycles. The number of nitrogens with one attached hydrogen (secondary N) is 2. The molecule has 4 amide bonds. The summed E-state index contributed by atoms with van der Waals surface area (Å²) >= 11 is 0. The fraction of sp³-hybridized carbons (Fsp3) is 0.526. The number of benzene rings is 1. The molecule has 0 unspecified atom stereocenters. The molecule has 0 bridgehead atoms. The molecule has 2 aliphatic rings. The van der Waals surface area contributed by atoms with E-state index in [-0.39, 0.29) is 5.91 Å². The molecule has 26 heavy (non-hydrogen) atoms. The molecule has 1 saturated carbocycles. The molecule has 7 nitrogen and oxygen atoms in total. The van der Waals surface area contributed by atoms with Gasteiger partial charge in [0.25, 0.3) is 11.8 Å². The lowest BCUT2D eigenvalue weighted by molar-refractivity contribution is -0.134. The summed E-state index contributed by atoms with van der Waals surface area (Å²) in [6, 6.07) is 6.08. The van der Waals surface area contributed by atoms with Crippen molar-refractivity contribution in [1.82, 2.24) is 15.8 Å². The van der Waals surface area contributed by atoms with Gasteiger partial charge in [-0.2, -0.15) is 5.01 Å². The molecule has 140 valence electrons. The number of carbonyl (C=O) groups is 3. The van der Waals surface area contributed by atoms with Crippen molar-refractivity contribution in [3.8, 4) is 5.75 Å². The number of hydrazine groups is 1. The van der Waals surface area contributed by atoms with Crippen LogP contribution in [0.1, 0.15) is 62.2 Å². The van der Waals surface area contributed by atoms with Crippen LogP contribution in [0.4, 0.5) is 4.79 Å². The zero-order valence-electron chi connectivity index (χ0n) is 15.0.